The molecule has 110 valence electrons. The summed E-state index contributed by atoms with van der Waals surface area (Å²) in [5.41, 5.74) is 0. The van der Waals surface area contributed by atoms with Crippen LogP contribution in [-0.4, -0.2) is 18.0 Å². The predicted molar refractivity (Wildman–Crippen MR) is 78.6 cm³/mol. The fourth-order valence-corrected chi connectivity index (χ4v) is 2.24. The first-order valence-electron chi connectivity index (χ1n) is 8.04. The molecule has 0 rings (SSSR count). The first kappa shape index (κ1) is 17.9. The van der Waals surface area contributed by atoms with Gasteiger partial charge in [0.25, 0.3) is 0 Å². The molecule has 2 atom stereocenters. The molecule has 1 N–H and O–H groups in total. The average molecular weight is 258 g/mol. The second-order valence-electron chi connectivity index (χ2n) is 5.43. The molecule has 0 aliphatic carbocycles. The zero-order valence-corrected chi connectivity index (χ0v) is 12.8. The molecule has 0 amide bonds. The van der Waals surface area contributed by atoms with Gasteiger partial charge in [0, 0.05) is 0 Å². The van der Waals surface area contributed by atoms with E-state index in [-0.39, 0.29) is 0 Å². The zero-order chi connectivity index (χ0) is 13.6. The van der Waals surface area contributed by atoms with Gasteiger partial charge < -0.3 is 9.84 Å². The summed E-state index contributed by atoms with van der Waals surface area (Å²) in [5.74, 6) is 0.647. The van der Waals surface area contributed by atoms with Gasteiger partial charge in [0.1, 0.15) is 0 Å². The molecule has 0 saturated carbocycles. The summed E-state index contributed by atoms with van der Waals surface area (Å²) in [4.78, 5) is 0. The molecule has 0 radical (unpaired) electrons. The molecule has 18 heavy (non-hydrogen) atoms. The minimum absolute atomic E-state index is 0.547. The van der Waals surface area contributed by atoms with Crippen LogP contribution in [0.2, 0.25) is 0 Å². The summed E-state index contributed by atoms with van der Waals surface area (Å²) < 4.78 is 5.55. The van der Waals surface area contributed by atoms with Crippen LogP contribution in [0.5, 0.6) is 0 Å². The Kier molecular flexibility index (Phi) is 13.3. The van der Waals surface area contributed by atoms with E-state index in [2.05, 4.69) is 20.8 Å². The smallest absolute Gasteiger partial charge is 0.154 e. The van der Waals surface area contributed by atoms with Crippen molar-refractivity contribution in [3.05, 3.63) is 0 Å². The summed E-state index contributed by atoms with van der Waals surface area (Å²) >= 11 is 0. The lowest BCUT2D eigenvalue weighted by molar-refractivity contribution is -0.115. The highest BCUT2D eigenvalue weighted by Gasteiger charge is 2.11. The van der Waals surface area contributed by atoms with Crippen LogP contribution in [0.15, 0.2) is 0 Å². The Labute approximate surface area is 114 Å². The molecule has 2 heteroatoms. The first-order chi connectivity index (χ1) is 8.74. The van der Waals surface area contributed by atoms with E-state index in [1.54, 1.807) is 0 Å². The highest BCUT2D eigenvalue weighted by Crippen LogP contribution is 2.18. The van der Waals surface area contributed by atoms with Gasteiger partial charge in [-0.3, -0.25) is 0 Å². The number of ether oxygens (including phenoxy) is 1. The molecular weight excluding hydrogens is 224 g/mol. The zero-order valence-electron chi connectivity index (χ0n) is 12.8. The van der Waals surface area contributed by atoms with Gasteiger partial charge in [0.05, 0.1) is 6.61 Å². The van der Waals surface area contributed by atoms with Crippen molar-refractivity contribution in [2.45, 2.75) is 91.3 Å². The van der Waals surface area contributed by atoms with Gasteiger partial charge in [-0.2, -0.15) is 0 Å². The van der Waals surface area contributed by atoms with Crippen LogP contribution >= 0.6 is 0 Å². The molecule has 0 bridgehead atoms. The fourth-order valence-electron chi connectivity index (χ4n) is 2.24. The first-order valence-corrected chi connectivity index (χ1v) is 8.04. The van der Waals surface area contributed by atoms with Gasteiger partial charge in [0.15, 0.2) is 6.29 Å². The van der Waals surface area contributed by atoms with Crippen molar-refractivity contribution < 1.29 is 9.84 Å². The highest BCUT2D eigenvalue weighted by atomic mass is 16.6. The number of unbranched alkanes of at least 4 members (excludes halogenated alkanes) is 4. The van der Waals surface area contributed by atoms with E-state index in [0.717, 1.165) is 19.4 Å². The Morgan fingerprint density at radius 2 is 1.44 bits per heavy atom. The van der Waals surface area contributed by atoms with Crippen LogP contribution in [0.3, 0.4) is 0 Å². The van der Waals surface area contributed by atoms with Crippen LogP contribution in [0.1, 0.15) is 85.0 Å². The number of hydrogen-bond donors (Lipinski definition) is 1. The normalized spacial score (nSPS) is 14.7. The molecule has 0 aliphatic rings. The third kappa shape index (κ3) is 11.0. The molecule has 0 fully saturated rings. The van der Waals surface area contributed by atoms with Gasteiger partial charge in [-0.1, -0.05) is 65.7 Å². The third-order valence-corrected chi connectivity index (χ3v) is 3.49. The van der Waals surface area contributed by atoms with Crippen LogP contribution in [0, 0.1) is 5.92 Å². The van der Waals surface area contributed by atoms with E-state index >= 15 is 0 Å². The van der Waals surface area contributed by atoms with Gasteiger partial charge >= 0.3 is 0 Å². The van der Waals surface area contributed by atoms with Crippen molar-refractivity contribution in [3.8, 4) is 0 Å². The molecule has 2 nitrogen and oxygen atoms in total. The maximum atomic E-state index is 9.61. The molecule has 0 saturated heterocycles. The molecule has 0 heterocycles. The van der Waals surface area contributed by atoms with Gasteiger partial charge in [-0.15, -0.1) is 0 Å². The Bertz CT molecular complexity index is 159. The number of rotatable bonds is 13. The fraction of sp³-hybridized carbons (Fsp3) is 1.00. The molecule has 0 spiro atoms. The largest absolute Gasteiger partial charge is 0.368 e. The van der Waals surface area contributed by atoms with Crippen LogP contribution in [0.4, 0.5) is 0 Å². The second-order valence-corrected chi connectivity index (χ2v) is 5.43. The van der Waals surface area contributed by atoms with Gasteiger partial charge in [-0.05, 0) is 25.2 Å². The van der Waals surface area contributed by atoms with E-state index in [4.69, 9.17) is 4.74 Å². The summed E-state index contributed by atoms with van der Waals surface area (Å²) in [6.07, 6.45) is 11.6. The van der Waals surface area contributed by atoms with Crippen LogP contribution in [-0.2, 0) is 4.74 Å². The average Bonchev–Trinajstić information content (AvgIpc) is 2.37. The van der Waals surface area contributed by atoms with Crippen molar-refractivity contribution in [1.29, 1.82) is 0 Å². The van der Waals surface area contributed by atoms with Crippen molar-refractivity contribution in [2.24, 2.45) is 5.92 Å². The maximum Gasteiger partial charge on any atom is 0.154 e. The van der Waals surface area contributed by atoms with Crippen molar-refractivity contribution in [1.82, 2.24) is 0 Å². The lowest BCUT2D eigenvalue weighted by Crippen LogP contribution is -2.18. The lowest BCUT2D eigenvalue weighted by Gasteiger charge is -2.19. The molecular formula is C16H34O2. The molecule has 2 unspecified atom stereocenters. The van der Waals surface area contributed by atoms with E-state index < -0.39 is 6.29 Å². The SMILES string of the molecule is CCCCCCC(CCCC)COC(O)CCC. The summed E-state index contributed by atoms with van der Waals surface area (Å²) in [7, 11) is 0. The maximum absolute atomic E-state index is 9.61. The lowest BCUT2D eigenvalue weighted by atomic mass is 9.96. The number of hydrogen-bond acceptors (Lipinski definition) is 2. The van der Waals surface area contributed by atoms with Crippen LogP contribution in [0.25, 0.3) is 0 Å². The predicted octanol–water partition coefficient (Wildman–Crippen LogP) is 4.90. The monoisotopic (exact) mass is 258 g/mol. The number of aliphatic hydroxyl groups is 1. The quantitative estimate of drug-likeness (QED) is 0.376. The van der Waals surface area contributed by atoms with E-state index in [0.29, 0.717) is 5.92 Å². The molecule has 0 aromatic carbocycles. The van der Waals surface area contributed by atoms with Crippen molar-refractivity contribution >= 4 is 0 Å². The number of aliphatic hydroxyl groups excluding tert-OH is 1. The van der Waals surface area contributed by atoms with Gasteiger partial charge in [-0.25, -0.2) is 0 Å². The minimum atomic E-state index is -0.547. The topological polar surface area (TPSA) is 29.5 Å². The Morgan fingerprint density at radius 1 is 0.778 bits per heavy atom. The Balaban J connectivity index is 3.75. The standard InChI is InChI=1S/C16H34O2/c1-4-7-9-10-13-15(12-8-5-2)14-18-16(17)11-6-3/h15-17H,4-14H2,1-3H3. The van der Waals surface area contributed by atoms with Crippen molar-refractivity contribution in [3.63, 3.8) is 0 Å². The third-order valence-electron chi connectivity index (χ3n) is 3.49. The molecule has 0 aliphatic heterocycles. The van der Waals surface area contributed by atoms with E-state index in [1.807, 2.05) is 0 Å². The summed E-state index contributed by atoms with van der Waals surface area (Å²) in [6, 6.07) is 0. The molecule has 0 aromatic heterocycles. The van der Waals surface area contributed by atoms with E-state index in [9.17, 15) is 5.11 Å². The van der Waals surface area contributed by atoms with Crippen LogP contribution < -0.4 is 0 Å². The molecule has 0 aromatic rings. The second kappa shape index (κ2) is 13.4. The Morgan fingerprint density at radius 3 is 2.06 bits per heavy atom. The summed E-state index contributed by atoms with van der Waals surface area (Å²) in [6.45, 7) is 7.30. The van der Waals surface area contributed by atoms with Crippen molar-refractivity contribution in [2.75, 3.05) is 6.61 Å². The van der Waals surface area contributed by atoms with E-state index in [1.165, 1.54) is 51.4 Å². The minimum Gasteiger partial charge on any atom is -0.368 e. The Hall–Kier alpha value is -0.0800. The highest BCUT2D eigenvalue weighted by molar-refractivity contribution is 4.60. The van der Waals surface area contributed by atoms with Gasteiger partial charge in [0.2, 0.25) is 0 Å². The summed E-state index contributed by atoms with van der Waals surface area (Å²) in [5, 5.41) is 9.61.